The highest BCUT2D eigenvalue weighted by Gasteiger charge is 2.30. The summed E-state index contributed by atoms with van der Waals surface area (Å²) < 4.78 is 4.66. The number of ether oxygens (including phenoxy) is 1. The summed E-state index contributed by atoms with van der Waals surface area (Å²) >= 11 is 0. The summed E-state index contributed by atoms with van der Waals surface area (Å²) in [5, 5.41) is 0. The standard InChI is InChI=1S/C11H14O2/c1-13-11(12)7-8-5-9-3-2-4-10(9)6-8/h2-4,8-9H,5-7H2,1H3/t8-,9?/m1/s1. The molecule has 0 N–H and O–H groups in total. The van der Waals surface area contributed by atoms with Crippen molar-refractivity contribution in [2.24, 2.45) is 11.8 Å². The monoisotopic (exact) mass is 178 g/mol. The Hall–Kier alpha value is -1.05. The summed E-state index contributed by atoms with van der Waals surface area (Å²) in [6.07, 6.45) is 9.31. The van der Waals surface area contributed by atoms with E-state index >= 15 is 0 Å². The van der Waals surface area contributed by atoms with E-state index < -0.39 is 0 Å². The average molecular weight is 178 g/mol. The molecule has 0 heterocycles. The first kappa shape index (κ1) is 8.54. The number of hydrogen-bond donors (Lipinski definition) is 0. The van der Waals surface area contributed by atoms with Crippen LogP contribution >= 0.6 is 0 Å². The van der Waals surface area contributed by atoms with Gasteiger partial charge in [-0.15, -0.1) is 0 Å². The van der Waals surface area contributed by atoms with E-state index in [9.17, 15) is 4.79 Å². The Kier molecular flexibility index (Phi) is 2.21. The molecule has 0 spiro atoms. The SMILES string of the molecule is COC(=O)C[C@H]1CC2=CC=CC2C1. The second-order valence-corrected chi connectivity index (χ2v) is 3.82. The van der Waals surface area contributed by atoms with Crippen LogP contribution < -0.4 is 0 Å². The first-order valence-electron chi connectivity index (χ1n) is 4.73. The lowest BCUT2D eigenvalue weighted by molar-refractivity contribution is -0.141. The highest BCUT2D eigenvalue weighted by Crippen LogP contribution is 2.41. The Labute approximate surface area is 78.3 Å². The Morgan fingerprint density at radius 2 is 2.54 bits per heavy atom. The molecule has 2 aliphatic rings. The predicted molar refractivity (Wildman–Crippen MR) is 50.1 cm³/mol. The second kappa shape index (κ2) is 3.36. The second-order valence-electron chi connectivity index (χ2n) is 3.82. The Morgan fingerprint density at radius 3 is 3.23 bits per heavy atom. The minimum atomic E-state index is -0.0745. The number of fused-ring (bicyclic) bond motifs is 1. The van der Waals surface area contributed by atoms with Crippen LogP contribution in [0.2, 0.25) is 0 Å². The Morgan fingerprint density at radius 1 is 1.69 bits per heavy atom. The van der Waals surface area contributed by atoms with Crippen LogP contribution in [0.4, 0.5) is 0 Å². The van der Waals surface area contributed by atoms with Gasteiger partial charge in [0.25, 0.3) is 0 Å². The van der Waals surface area contributed by atoms with Crippen molar-refractivity contribution in [3.8, 4) is 0 Å². The van der Waals surface area contributed by atoms with Crippen molar-refractivity contribution in [2.75, 3.05) is 7.11 Å². The smallest absolute Gasteiger partial charge is 0.305 e. The summed E-state index contributed by atoms with van der Waals surface area (Å²) in [5.41, 5.74) is 1.49. The van der Waals surface area contributed by atoms with Crippen molar-refractivity contribution in [1.29, 1.82) is 0 Å². The van der Waals surface area contributed by atoms with Gasteiger partial charge in [0.1, 0.15) is 0 Å². The summed E-state index contributed by atoms with van der Waals surface area (Å²) in [6, 6.07) is 0. The van der Waals surface area contributed by atoms with E-state index in [1.54, 1.807) is 0 Å². The normalized spacial score (nSPS) is 30.1. The van der Waals surface area contributed by atoms with Gasteiger partial charge in [-0.1, -0.05) is 23.8 Å². The fourth-order valence-electron chi connectivity index (χ4n) is 2.26. The highest BCUT2D eigenvalue weighted by atomic mass is 16.5. The van der Waals surface area contributed by atoms with Crippen LogP contribution in [-0.2, 0) is 9.53 Å². The molecule has 13 heavy (non-hydrogen) atoms. The molecule has 1 unspecified atom stereocenters. The largest absolute Gasteiger partial charge is 0.469 e. The zero-order chi connectivity index (χ0) is 9.26. The van der Waals surface area contributed by atoms with E-state index in [0.717, 1.165) is 12.8 Å². The van der Waals surface area contributed by atoms with Crippen LogP contribution in [-0.4, -0.2) is 13.1 Å². The van der Waals surface area contributed by atoms with Gasteiger partial charge < -0.3 is 4.74 Å². The van der Waals surface area contributed by atoms with Gasteiger partial charge in [0.15, 0.2) is 0 Å². The number of allylic oxidation sites excluding steroid dienone is 4. The summed E-state index contributed by atoms with van der Waals surface area (Å²) in [5.74, 6) is 1.05. The summed E-state index contributed by atoms with van der Waals surface area (Å²) in [7, 11) is 1.46. The first-order chi connectivity index (χ1) is 6.29. The van der Waals surface area contributed by atoms with Crippen molar-refractivity contribution in [1.82, 2.24) is 0 Å². The molecule has 0 aromatic rings. The molecule has 0 amide bonds. The van der Waals surface area contributed by atoms with Gasteiger partial charge in [-0.2, -0.15) is 0 Å². The van der Waals surface area contributed by atoms with E-state index in [4.69, 9.17) is 0 Å². The van der Waals surface area contributed by atoms with Crippen molar-refractivity contribution in [3.63, 3.8) is 0 Å². The number of carbonyl (C=O) groups is 1. The van der Waals surface area contributed by atoms with Crippen LogP contribution in [0.5, 0.6) is 0 Å². The summed E-state index contributed by atoms with van der Waals surface area (Å²) in [6.45, 7) is 0. The van der Waals surface area contributed by atoms with E-state index in [1.807, 2.05) is 0 Å². The third-order valence-electron chi connectivity index (χ3n) is 2.92. The average Bonchev–Trinajstić information content (AvgIpc) is 2.63. The van der Waals surface area contributed by atoms with Crippen LogP contribution in [0, 0.1) is 11.8 Å². The quantitative estimate of drug-likeness (QED) is 0.605. The zero-order valence-electron chi connectivity index (χ0n) is 7.82. The van der Waals surface area contributed by atoms with Gasteiger partial charge in [-0.3, -0.25) is 4.79 Å². The summed E-state index contributed by atoms with van der Waals surface area (Å²) in [4.78, 5) is 11.0. The molecule has 2 atom stereocenters. The molecule has 2 rings (SSSR count). The molecule has 2 aliphatic carbocycles. The lowest BCUT2D eigenvalue weighted by Crippen LogP contribution is -2.07. The van der Waals surface area contributed by atoms with E-state index in [2.05, 4.69) is 23.0 Å². The van der Waals surface area contributed by atoms with Crippen molar-refractivity contribution >= 4 is 5.97 Å². The van der Waals surface area contributed by atoms with Crippen LogP contribution in [0.25, 0.3) is 0 Å². The van der Waals surface area contributed by atoms with E-state index in [0.29, 0.717) is 18.3 Å². The van der Waals surface area contributed by atoms with Crippen molar-refractivity contribution in [3.05, 3.63) is 23.8 Å². The maximum atomic E-state index is 11.0. The van der Waals surface area contributed by atoms with Crippen LogP contribution in [0.3, 0.4) is 0 Å². The molecule has 2 nitrogen and oxygen atoms in total. The predicted octanol–water partition coefficient (Wildman–Crippen LogP) is 2.07. The molecule has 2 heteroatoms. The van der Waals surface area contributed by atoms with Crippen molar-refractivity contribution in [2.45, 2.75) is 19.3 Å². The molecular formula is C11H14O2. The zero-order valence-corrected chi connectivity index (χ0v) is 7.82. The molecule has 1 saturated carbocycles. The highest BCUT2D eigenvalue weighted by molar-refractivity contribution is 5.69. The molecule has 0 aromatic heterocycles. The van der Waals surface area contributed by atoms with Gasteiger partial charge >= 0.3 is 5.97 Å². The molecule has 0 saturated heterocycles. The molecule has 70 valence electrons. The number of carbonyl (C=O) groups excluding carboxylic acids is 1. The fraction of sp³-hybridized carbons (Fsp3) is 0.545. The van der Waals surface area contributed by atoms with Gasteiger partial charge in [0.2, 0.25) is 0 Å². The van der Waals surface area contributed by atoms with Crippen LogP contribution in [0.1, 0.15) is 19.3 Å². The Balaban J connectivity index is 1.89. The molecular weight excluding hydrogens is 164 g/mol. The molecule has 0 bridgehead atoms. The third kappa shape index (κ3) is 1.67. The number of esters is 1. The molecule has 0 aliphatic heterocycles. The lowest BCUT2D eigenvalue weighted by Gasteiger charge is -2.06. The number of rotatable bonds is 2. The first-order valence-corrected chi connectivity index (χ1v) is 4.73. The van der Waals surface area contributed by atoms with Gasteiger partial charge in [0, 0.05) is 6.42 Å². The van der Waals surface area contributed by atoms with Gasteiger partial charge in [0.05, 0.1) is 7.11 Å². The lowest BCUT2D eigenvalue weighted by atomic mass is 10.0. The van der Waals surface area contributed by atoms with Gasteiger partial charge in [-0.05, 0) is 24.7 Å². The maximum absolute atomic E-state index is 11.0. The molecule has 1 fully saturated rings. The van der Waals surface area contributed by atoms with Crippen LogP contribution in [0.15, 0.2) is 23.8 Å². The minimum Gasteiger partial charge on any atom is -0.469 e. The van der Waals surface area contributed by atoms with E-state index in [1.165, 1.54) is 12.7 Å². The number of methoxy groups -OCH3 is 1. The number of hydrogen-bond acceptors (Lipinski definition) is 2. The molecule has 0 radical (unpaired) electrons. The van der Waals surface area contributed by atoms with E-state index in [-0.39, 0.29) is 5.97 Å². The topological polar surface area (TPSA) is 26.3 Å². The van der Waals surface area contributed by atoms with Crippen molar-refractivity contribution < 1.29 is 9.53 Å². The maximum Gasteiger partial charge on any atom is 0.305 e. The van der Waals surface area contributed by atoms with Gasteiger partial charge in [-0.25, -0.2) is 0 Å². The third-order valence-corrected chi connectivity index (χ3v) is 2.92. The fourth-order valence-corrected chi connectivity index (χ4v) is 2.26. The minimum absolute atomic E-state index is 0.0745. The Bertz CT molecular complexity index is 276. The molecule has 0 aromatic carbocycles.